The third-order valence-corrected chi connectivity index (χ3v) is 3.19. The lowest BCUT2D eigenvalue weighted by molar-refractivity contribution is 0.0690. The van der Waals surface area contributed by atoms with Crippen LogP contribution in [-0.4, -0.2) is 22.1 Å². The first-order chi connectivity index (χ1) is 7.66. The van der Waals surface area contributed by atoms with Crippen molar-refractivity contribution in [1.82, 2.24) is 4.98 Å². The highest BCUT2D eigenvalue weighted by Gasteiger charge is 2.23. The van der Waals surface area contributed by atoms with Crippen molar-refractivity contribution in [3.05, 3.63) is 24.0 Å². The van der Waals surface area contributed by atoms with E-state index in [-0.39, 0.29) is 5.69 Å². The van der Waals surface area contributed by atoms with E-state index in [0.29, 0.717) is 12.0 Å². The topological polar surface area (TPSA) is 62.2 Å². The summed E-state index contributed by atoms with van der Waals surface area (Å²) in [6, 6.07) is 3.87. The summed E-state index contributed by atoms with van der Waals surface area (Å²) in [4.78, 5) is 14.6. The van der Waals surface area contributed by atoms with Gasteiger partial charge in [0.2, 0.25) is 0 Å². The maximum Gasteiger partial charge on any atom is 0.354 e. The minimum absolute atomic E-state index is 0.0932. The van der Waals surface area contributed by atoms with E-state index < -0.39 is 5.97 Å². The quantitative estimate of drug-likeness (QED) is 0.821. The van der Waals surface area contributed by atoms with Gasteiger partial charge in [-0.2, -0.15) is 0 Å². The minimum atomic E-state index is -0.983. The molecule has 1 aromatic rings. The van der Waals surface area contributed by atoms with Gasteiger partial charge in [-0.3, -0.25) is 0 Å². The van der Waals surface area contributed by atoms with Gasteiger partial charge in [0, 0.05) is 17.9 Å². The molecule has 0 spiro atoms. The minimum Gasteiger partial charge on any atom is -0.477 e. The summed E-state index contributed by atoms with van der Waals surface area (Å²) in [5.74, 6) is -0.329. The molecule has 0 saturated heterocycles. The molecular formula is C12H16N2O2. The van der Waals surface area contributed by atoms with Crippen LogP contribution in [0.4, 0.5) is 5.69 Å². The zero-order valence-corrected chi connectivity index (χ0v) is 9.31. The fourth-order valence-corrected chi connectivity index (χ4v) is 2.21. The standard InChI is InChI=1S/C12H16N2O2/c1-8-3-2-4-10(8)14-9-5-6-13-11(7-9)12(15)16/h5-8,10H,2-4H2,1H3,(H,13,14)(H,15,16). The lowest BCUT2D eigenvalue weighted by Crippen LogP contribution is -2.22. The molecule has 2 rings (SSSR count). The monoisotopic (exact) mass is 220 g/mol. The van der Waals surface area contributed by atoms with Gasteiger partial charge >= 0.3 is 5.97 Å². The summed E-state index contributed by atoms with van der Waals surface area (Å²) >= 11 is 0. The van der Waals surface area contributed by atoms with Gasteiger partial charge in [-0.15, -0.1) is 0 Å². The lowest BCUT2D eigenvalue weighted by Gasteiger charge is -2.18. The molecule has 0 bridgehead atoms. The number of nitrogens with one attached hydrogen (secondary N) is 1. The molecule has 0 radical (unpaired) electrons. The molecule has 1 saturated carbocycles. The van der Waals surface area contributed by atoms with Crippen molar-refractivity contribution in [1.29, 1.82) is 0 Å². The third-order valence-electron chi connectivity index (χ3n) is 3.19. The van der Waals surface area contributed by atoms with E-state index in [0.717, 1.165) is 12.1 Å². The predicted octanol–water partition coefficient (Wildman–Crippen LogP) is 2.38. The number of aromatic nitrogens is 1. The van der Waals surface area contributed by atoms with Crippen LogP contribution in [0.15, 0.2) is 18.3 Å². The highest BCUT2D eigenvalue weighted by molar-refractivity contribution is 5.86. The first-order valence-corrected chi connectivity index (χ1v) is 5.62. The predicted molar refractivity (Wildman–Crippen MR) is 61.6 cm³/mol. The van der Waals surface area contributed by atoms with E-state index in [2.05, 4.69) is 17.2 Å². The van der Waals surface area contributed by atoms with E-state index >= 15 is 0 Å². The van der Waals surface area contributed by atoms with Gasteiger partial charge in [0.15, 0.2) is 0 Å². The fourth-order valence-electron chi connectivity index (χ4n) is 2.21. The van der Waals surface area contributed by atoms with Gasteiger partial charge in [0.25, 0.3) is 0 Å². The Morgan fingerprint density at radius 2 is 2.38 bits per heavy atom. The average molecular weight is 220 g/mol. The van der Waals surface area contributed by atoms with Crippen molar-refractivity contribution in [3.63, 3.8) is 0 Å². The van der Waals surface area contributed by atoms with Crippen LogP contribution in [0.1, 0.15) is 36.7 Å². The molecular weight excluding hydrogens is 204 g/mol. The molecule has 0 aromatic carbocycles. The number of hydrogen-bond donors (Lipinski definition) is 2. The van der Waals surface area contributed by atoms with Crippen molar-refractivity contribution in [2.45, 2.75) is 32.2 Å². The zero-order valence-electron chi connectivity index (χ0n) is 9.31. The Morgan fingerprint density at radius 1 is 1.56 bits per heavy atom. The van der Waals surface area contributed by atoms with E-state index in [1.54, 1.807) is 6.07 Å². The lowest BCUT2D eigenvalue weighted by atomic mass is 10.1. The maximum absolute atomic E-state index is 10.8. The third kappa shape index (κ3) is 2.32. The first kappa shape index (κ1) is 10.9. The van der Waals surface area contributed by atoms with Gasteiger partial charge in [0.05, 0.1) is 0 Å². The first-order valence-electron chi connectivity index (χ1n) is 5.62. The van der Waals surface area contributed by atoms with Gasteiger partial charge in [-0.25, -0.2) is 9.78 Å². The maximum atomic E-state index is 10.8. The number of carboxylic acids is 1. The second-order valence-corrected chi connectivity index (χ2v) is 4.39. The van der Waals surface area contributed by atoms with Crippen LogP contribution < -0.4 is 5.32 Å². The van der Waals surface area contributed by atoms with Crippen molar-refractivity contribution in [2.75, 3.05) is 5.32 Å². The molecule has 0 amide bonds. The number of carboxylic acid groups (broad SMARTS) is 1. The number of hydrogen-bond acceptors (Lipinski definition) is 3. The molecule has 1 aromatic heterocycles. The highest BCUT2D eigenvalue weighted by Crippen LogP contribution is 2.27. The number of nitrogens with zero attached hydrogens (tertiary/aromatic N) is 1. The van der Waals surface area contributed by atoms with Gasteiger partial charge in [0.1, 0.15) is 5.69 Å². The Hall–Kier alpha value is -1.58. The van der Waals surface area contributed by atoms with Gasteiger partial charge < -0.3 is 10.4 Å². The summed E-state index contributed by atoms with van der Waals surface area (Å²) in [7, 11) is 0. The molecule has 2 atom stereocenters. The number of pyridine rings is 1. The normalized spacial score (nSPS) is 24.3. The van der Waals surface area contributed by atoms with Crippen LogP contribution >= 0.6 is 0 Å². The number of aromatic carboxylic acids is 1. The largest absolute Gasteiger partial charge is 0.477 e. The number of anilines is 1. The Balaban J connectivity index is 2.09. The van der Waals surface area contributed by atoms with Crippen LogP contribution in [0.3, 0.4) is 0 Å². The zero-order chi connectivity index (χ0) is 11.5. The molecule has 1 aliphatic rings. The summed E-state index contributed by atoms with van der Waals surface area (Å²) in [5, 5.41) is 12.2. The van der Waals surface area contributed by atoms with Crippen molar-refractivity contribution in [2.24, 2.45) is 5.92 Å². The summed E-state index contributed by atoms with van der Waals surface area (Å²) in [6.45, 7) is 2.23. The summed E-state index contributed by atoms with van der Waals surface area (Å²) < 4.78 is 0. The molecule has 4 nitrogen and oxygen atoms in total. The molecule has 16 heavy (non-hydrogen) atoms. The molecule has 2 N–H and O–H groups in total. The van der Waals surface area contributed by atoms with Crippen LogP contribution in [0.2, 0.25) is 0 Å². The smallest absolute Gasteiger partial charge is 0.354 e. The van der Waals surface area contributed by atoms with Crippen molar-refractivity contribution < 1.29 is 9.90 Å². The number of rotatable bonds is 3. The highest BCUT2D eigenvalue weighted by atomic mass is 16.4. The van der Waals surface area contributed by atoms with E-state index in [1.165, 1.54) is 19.0 Å². The molecule has 1 aliphatic carbocycles. The van der Waals surface area contributed by atoms with Gasteiger partial charge in [-0.05, 0) is 30.9 Å². The second kappa shape index (κ2) is 4.51. The van der Waals surface area contributed by atoms with Crippen LogP contribution in [0.5, 0.6) is 0 Å². The molecule has 0 aliphatic heterocycles. The number of carbonyl (C=O) groups is 1. The van der Waals surface area contributed by atoms with Gasteiger partial charge in [-0.1, -0.05) is 13.3 Å². The SMILES string of the molecule is CC1CCCC1Nc1ccnc(C(=O)O)c1. The van der Waals surface area contributed by atoms with Crippen LogP contribution in [0.25, 0.3) is 0 Å². The average Bonchev–Trinajstić information content (AvgIpc) is 2.65. The van der Waals surface area contributed by atoms with E-state index in [1.807, 2.05) is 6.07 Å². The molecule has 2 unspecified atom stereocenters. The van der Waals surface area contributed by atoms with E-state index in [9.17, 15) is 4.79 Å². The van der Waals surface area contributed by atoms with Crippen LogP contribution in [-0.2, 0) is 0 Å². The van der Waals surface area contributed by atoms with Crippen LogP contribution in [0, 0.1) is 5.92 Å². The van der Waals surface area contributed by atoms with Crippen molar-refractivity contribution in [3.8, 4) is 0 Å². The Bertz CT molecular complexity index is 392. The Morgan fingerprint density at radius 3 is 3.00 bits per heavy atom. The van der Waals surface area contributed by atoms with E-state index in [4.69, 9.17) is 5.11 Å². The molecule has 4 heteroatoms. The summed E-state index contributed by atoms with van der Waals surface area (Å²) in [6.07, 6.45) is 5.18. The molecule has 1 fully saturated rings. The second-order valence-electron chi connectivity index (χ2n) is 4.39. The summed E-state index contributed by atoms with van der Waals surface area (Å²) in [5.41, 5.74) is 0.946. The molecule has 86 valence electrons. The molecule has 1 heterocycles. The Labute approximate surface area is 94.7 Å². The fraction of sp³-hybridized carbons (Fsp3) is 0.500. The Kier molecular flexibility index (Phi) is 3.08. The van der Waals surface area contributed by atoms with Crippen molar-refractivity contribution >= 4 is 11.7 Å².